The maximum absolute atomic E-state index is 10.4. The van der Waals surface area contributed by atoms with Crippen LogP contribution in [-0.4, -0.2) is 18.0 Å². The Bertz CT molecular complexity index is 332. The van der Waals surface area contributed by atoms with Gasteiger partial charge >= 0.3 is 0 Å². The van der Waals surface area contributed by atoms with E-state index in [2.05, 4.69) is 13.8 Å². The first-order valence-electron chi connectivity index (χ1n) is 5.04. The van der Waals surface area contributed by atoms with E-state index in [1.165, 1.54) is 6.07 Å². The molecule has 0 saturated carbocycles. The molecule has 0 aliphatic rings. The van der Waals surface area contributed by atoms with E-state index < -0.39 is 0 Å². The Hall–Kier alpha value is -1.51. The number of carbonyl (C=O) groups is 1. The predicted molar refractivity (Wildman–Crippen MR) is 58.4 cm³/mol. The maximum atomic E-state index is 10.4. The van der Waals surface area contributed by atoms with Crippen LogP contribution in [0.3, 0.4) is 0 Å². The van der Waals surface area contributed by atoms with Gasteiger partial charge in [0.1, 0.15) is 11.5 Å². The first-order chi connectivity index (χ1) is 7.13. The molecule has 3 nitrogen and oxygen atoms in total. The van der Waals surface area contributed by atoms with Gasteiger partial charge in [-0.25, -0.2) is 0 Å². The fourth-order valence-electron chi connectivity index (χ4n) is 1.13. The van der Waals surface area contributed by atoms with Gasteiger partial charge in [0.2, 0.25) is 0 Å². The highest BCUT2D eigenvalue weighted by Crippen LogP contribution is 2.22. The maximum Gasteiger partial charge on any atom is 0.153 e. The van der Waals surface area contributed by atoms with E-state index in [1.807, 2.05) is 0 Å². The van der Waals surface area contributed by atoms with Crippen molar-refractivity contribution in [2.45, 2.75) is 20.3 Å². The van der Waals surface area contributed by atoms with Gasteiger partial charge in [0.25, 0.3) is 0 Å². The highest BCUT2D eigenvalue weighted by molar-refractivity contribution is 5.79. The van der Waals surface area contributed by atoms with Gasteiger partial charge in [-0.1, -0.05) is 13.8 Å². The van der Waals surface area contributed by atoms with Crippen molar-refractivity contribution in [2.75, 3.05) is 6.61 Å². The molecule has 0 amide bonds. The van der Waals surface area contributed by atoms with Crippen molar-refractivity contribution in [1.29, 1.82) is 0 Å². The monoisotopic (exact) mass is 208 g/mol. The molecule has 15 heavy (non-hydrogen) atoms. The molecule has 82 valence electrons. The molecule has 0 fully saturated rings. The van der Waals surface area contributed by atoms with Crippen LogP contribution in [0.2, 0.25) is 0 Å². The van der Waals surface area contributed by atoms with E-state index in [0.717, 1.165) is 6.42 Å². The third-order valence-corrected chi connectivity index (χ3v) is 2.09. The lowest BCUT2D eigenvalue weighted by Crippen LogP contribution is -2.01. The summed E-state index contributed by atoms with van der Waals surface area (Å²) in [5.41, 5.74) is 0.284. The Balaban J connectivity index is 2.56. The molecule has 3 heteroatoms. The number of aromatic hydroxyl groups is 1. The minimum Gasteiger partial charge on any atom is -0.507 e. The smallest absolute Gasteiger partial charge is 0.153 e. The van der Waals surface area contributed by atoms with Crippen molar-refractivity contribution in [3.05, 3.63) is 23.8 Å². The number of rotatable bonds is 5. The van der Waals surface area contributed by atoms with Crippen LogP contribution in [0.4, 0.5) is 0 Å². The molecular formula is C12H16O3. The molecule has 1 aromatic carbocycles. The fourth-order valence-corrected chi connectivity index (χ4v) is 1.13. The van der Waals surface area contributed by atoms with Crippen LogP contribution >= 0.6 is 0 Å². The number of phenols is 1. The molecule has 1 rings (SSSR count). The van der Waals surface area contributed by atoms with Crippen LogP contribution < -0.4 is 4.74 Å². The van der Waals surface area contributed by atoms with Crippen LogP contribution in [-0.2, 0) is 0 Å². The number of aldehydes is 1. The van der Waals surface area contributed by atoms with E-state index in [9.17, 15) is 9.90 Å². The lowest BCUT2D eigenvalue weighted by atomic mass is 10.1. The second-order valence-electron chi connectivity index (χ2n) is 3.87. The first kappa shape index (κ1) is 11.6. The van der Waals surface area contributed by atoms with Crippen LogP contribution in [0.1, 0.15) is 30.6 Å². The van der Waals surface area contributed by atoms with Gasteiger partial charge in [-0.3, -0.25) is 4.79 Å². The topological polar surface area (TPSA) is 46.5 Å². The second-order valence-corrected chi connectivity index (χ2v) is 3.87. The molecule has 0 spiro atoms. The van der Waals surface area contributed by atoms with Gasteiger partial charge in [-0.2, -0.15) is 0 Å². The summed E-state index contributed by atoms with van der Waals surface area (Å²) in [6.45, 7) is 4.87. The van der Waals surface area contributed by atoms with Gasteiger partial charge in [0.05, 0.1) is 12.2 Å². The Kier molecular flexibility index (Phi) is 4.16. The number of ether oxygens (including phenoxy) is 1. The molecule has 0 bridgehead atoms. The highest BCUT2D eigenvalue weighted by atomic mass is 16.5. The number of hydrogen-bond acceptors (Lipinski definition) is 3. The molecular weight excluding hydrogens is 192 g/mol. The number of carbonyl (C=O) groups excluding carboxylic acids is 1. The molecule has 0 saturated heterocycles. The minimum atomic E-state index is -0.0351. The molecule has 0 radical (unpaired) electrons. The Morgan fingerprint density at radius 1 is 1.47 bits per heavy atom. The summed E-state index contributed by atoms with van der Waals surface area (Å²) >= 11 is 0. The van der Waals surface area contributed by atoms with Crippen molar-refractivity contribution in [1.82, 2.24) is 0 Å². The van der Waals surface area contributed by atoms with Crippen LogP contribution in [0, 0.1) is 5.92 Å². The normalized spacial score (nSPS) is 10.3. The Morgan fingerprint density at radius 3 is 2.73 bits per heavy atom. The zero-order valence-electron chi connectivity index (χ0n) is 9.06. The predicted octanol–water partition coefficient (Wildman–Crippen LogP) is 2.63. The van der Waals surface area contributed by atoms with Crippen LogP contribution in [0.15, 0.2) is 18.2 Å². The van der Waals surface area contributed by atoms with Crippen molar-refractivity contribution in [3.63, 3.8) is 0 Å². The first-order valence-corrected chi connectivity index (χ1v) is 5.04. The Labute approximate surface area is 89.7 Å². The molecule has 0 heterocycles. The second kappa shape index (κ2) is 5.39. The number of benzene rings is 1. The summed E-state index contributed by atoms with van der Waals surface area (Å²) in [5.74, 6) is 1.15. The van der Waals surface area contributed by atoms with Gasteiger partial charge in [-0.05, 0) is 24.5 Å². The zero-order chi connectivity index (χ0) is 11.3. The zero-order valence-corrected chi connectivity index (χ0v) is 9.06. The summed E-state index contributed by atoms with van der Waals surface area (Å²) in [6, 6.07) is 4.70. The number of hydrogen-bond donors (Lipinski definition) is 1. The molecule has 1 N–H and O–H groups in total. The fraction of sp³-hybridized carbons (Fsp3) is 0.417. The van der Waals surface area contributed by atoms with E-state index in [-0.39, 0.29) is 11.3 Å². The molecule has 0 aromatic heterocycles. The summed E-state index contributed by atoms with van der Waals surface area (Å²) in [6.07, 6.45) is 1.59. The Morgan fingerprint density at radius 2 is 2.20 bits per heavy atom. The van der Waals surface area contributed by atoms with E-state index in [0.29, 0.717) is 24.6 Å². The summed E-state index contributed by atoms with van der Waals surface area (Å²) in [4.78, 5) is 10.4. The van der Waals surface area contributed by atoms with Gasteiger partial charge in [0.15, 0.2) is 6.29 Å². The average molecular weight is 208 g/mol. The van der Waals surface area contributed by atoms with E-state index in [1.54, 1.807) is 12.1 Å². The summed E-state index contributed by atoms with van der Waals surface area (Å²) < 4.78 is 5.42. The largest absolute Gasteiger partial charge is 0.507 e. The van der Waals surface area contributed by atoms with Crippen LogP contribution in [0.25, 0.3) is 0 Å². The SMILES string of the molecule is CC(C)CCOc1ccc(C=O)c(O)c1. The van der Waals surface area contributed by atoms with Crippen LogP contribution in [0.5, 0.6) is 11.5 Å². The minimum absolute atomic E-state index is 0.0351. The third kappa shape index (κ3) is 3.62. The van der Waals surface area contributed by atoms with Crippen molar-refractivity contribution in [2.24, 2.45) is 5.92 Å². The lowest BCUT2D eigenvalue weighted by molar-refractivity contribution is 0.112. The van der Waals surface area contributed by atoms with Crippen molar-refractivity contribution >= 4 is 6.29 Å². The van der Waals surface area contributed by atoms with E-state index >= 15 is 0 Å². The standard InChI is InChI=1S/C12H16O3/c1-9(2)5-6-15-11-4-3-10(8-13)12(14)7-11/h3-4,7-9,14H,5-6H2,1-2H3. The average Bonchev–Trinajstić information content (AvgIpc) is 2.17. The van der Waals surface area contributed by atoms with E-state index in [4.69, 9.17) is 4.74 Å². The van der Waals surface area contributed by atoms with Crippen molar-refractivity contribution in [3.8, 4) is 11.5 Å². The summed E-state index contributed by atoms with van der Waals surface area (Å²) in [7, 11) is 0. The van der Waals surface area contributed by atoms with Crippen molar-refractivity contribution < 1.29 is 14.6 Å². The van der Waals surface area contributed by atoms with Gasteiger partial charge < -0.3 is 9.84 Å². The van der Waals surface area contributed by atoms with Gasteiger partial charge in [-0.15, -0.1) is 0 Å². The molecule has 0 unspecified atom stereocenters. The number of phenolic OH excluding ortho intramolecular Hbond substituents is 1. The molecule has 0 atom stereocenters. The third-order valence-electron chi connectivity index (χ3n) is 2.09. The quantitative estimate of drug-likeness (QED) is 0.756. The highest BCUT2D eigenvalue weighted by Gasteiger charge is 2.02. The molecule has 0 aliphatic heterocycles. The molecule has 0 aliphatic carbocycles. The molecule has 1 aromatic rings. The van der Waals surface area contributed by atoms with Gasteiger partial charge in [0, 0.05) is 6.07 Å². The summed E-state index contributed by atoms with van der Waals surface area (Å²) in [5, 5.41) is 9.39. The lowest BCUT2D eigenvalue weighted by Gasteiger charge is -2.08.